The fourth-order valence-electron chi connectivity index (χ4n) is 2.85. The van der Waals surface area contributed by atoms with Crippen molar-refractivity contribution >= 4 is 5.57 Å². The van der Waals surface area contributed by atoms with E-state index < -0.39 is 0 Å². The van der Waals surface area contributed by atoms with Crippen molar-refractivity contribution in [3.63, 3.8) is 0 Å². The molecule has 31 heavy (non-hydrogen) atoms. The fraction of sp³-hybridized carbons (Fsp3) is 0.419. The zero-order valence-corrected chi connectivity index (χ0v) is 21.3. The largest absolute Gasteiger partial charge is 0.0996 e. The van der Waals surface area contributed by atoms with Crippen LogP contribution in [0.5, 0.6) is 0 Å². The highest BCUT2D eigenvalue weighted by atomic mass is 14.2. The number of allylic oxidation sites excluding steroid dienone is 4. The van der Waals surface area contributed by atoms with E-state index in [0.717, 1.165) is 18.4 Å². The Bertz CT molecular complexity index is 847. The number of benzene rings is 2. The van der Waals surface area contributed by atoms with E-state index in [0.29, 0.717) is 5.41 Å². The Morgan fingerprint density at radius 2 is 1.32 bits per heavy atom. The van der Waals surface area contributed by atoms with E-state index in [4.69, 9.17) is 0 Å². The minimum absolute atomic E-state index is 0.197. The first-order valence-electron chi connectivity index (χ1n) is 11.5. The summed E-state index contributed by atoms with van der Waals surface area (Å²) in [5, 5.41) is 0. The molecule has 0 spiro atoms. The minimum Gasteiger partial charge on any atom is -0.0996 e. The molecular formula is C31H44. The van der Waals surface area contributed by atoms with Crippen LogP contribution in [0.1, 0.15) is 84.9 Å². The van der Waals surface area contributed by atoms with Gasteiger partial charge in [0.1, 0.15) is 0 Å². The van der Waals surface area contributed by atoms with E-state index >= 15 is 0 Å². The zero-order valence-electron chi connectivity index (χ0n) is 21.3. The van der Waals surface area contributed by atoms with Crippen molar-refractivity contribution in [2.75, 3.05) is 0 Å². The van der Waals surface area contributed by atoms with Crippen molar-refractivity contribution in [2.45, 2.75) is 80.1 Å². The number of hydrogen-bond donors (Lipinski definition) is 0. The number of hydrogen-bond acceptors (Lipinski definition) is 0. The topological polar surface area (TPSA) is 0 Å². The van der Waals surface area contributed by atoms with Crippen LogP contribution < -0.4 is 0 Å². The summed E-state index contributed by atoms with van der Waals surface area (Å²) < 4.78 is 0. The first-order chi connectivity index (χ1) is 14.3. The van der Waals surface area contributed by atoms with Crippen LogP contribution >= 0.6 is 0 Å². The number of aryl methyl sites for hydroxylation is 1. The highest BCUT2D eigenvalue weighted by Crippen LogP contribution is 2.25. The molecule has 0 fully saturated rings. The molecule has 0 radical (unpaired) electrons. The van der Waals surface area contributed by atoms with Gasteiger partial charge in [0.05, 0.1) is 0 Å². The lowest BCUT2D eigenvalue weighted by Crippen LogP contribution is -2.10. The quantitative estimate of drug-likeness (QED) is 0.325. The van der Waals surface area contributed by atoms with E-state index in [-0.39, 0.29) is 5.41 Å². The van der Waals surface area contributed by atoms with Crippen LogP contribution in [0.25, 0.3) is 5.57 Å². The van der Waals surface area contributed by atoms with Crippen molar-refractivity contribution in [3.8, 4) is 0 Å². The van der Waals surface area contributed by atoms with E-state index in [2.05, 4.69) is 129 Å². The Kier molecular flexibility index (Phi) is 10.2. The molecule has 0 aliphatic rings. The summed E-state index contributed by atoms with van der Waals surface area (Å²) in [6.45, 7) is 25.6. The molecule has 2 aromatic carbocycles. The summed E-state index contributed by atoms with van der Waals surface area (Å²) in [5.74, 6) is 0. The summed E-state index contributed by atoms with van der Waals surface area (Å²) in [6, 6.07) is 19.5. The maximum Gasteiger partial charge on any atom is -0.0132 e. The van der Waals surface area contributed by atoms with E-state index in [1.54, 1.807) is 0 Å². The van der Waals surface area contributed by atoms with Crippen LogP contribution in [0.2, 0.25) is 0 Å². The predicted octanol–water partition coefficient (Wildman–Crippen LogP) is 9.58. The molecule has 0 bridgehead atoms. The molecule has 168 valence electrons. The van der Waals surface area contributed by atoms with E-state index in [1.807, 2.05) is 0 Å². The third-order valence-corrected chi connectivity index (χ3v) is 5.70. The van der Waals surface area contributed by atoms with Crippen LogP contribution in [0.15, 0.2) is 85.0 Å². The first kappa shape index (κ1) is 26.7. The van der Waals surface area contributed by atoms with Crippen molar-refractivity contribution in [1.82, 2.24) is 0 Å². The fourth-order valence-corrected chi connectivity index (χ4v) is 2.85. The second-order valence-corrected chi connectivity index (χ2v) is 10.7. The lowest BCUT2D eigenvalue weighted by atomic mass is 9.86. The molecule has 0 amide bonds. The molecule has 2 rings (SSSR count). The van der Waals surface area contributed by atoms with Crippen LogP contribution in [-0.2, 0) is 11.8 Å². The summed E-state index contributed by atoms with van der Waals surface area (Å²) in [4.78, 5) is 0. The average molecular weight is 417 g/mol. The lowest BCUT2D eigenvalue weighted by molar-refractivity contribution is 0.506. The van der Waals surface area contributed by atoms with Gasteiger partial charge in [-0.2, -0.15) is 0 Å². The third-order valence-electron chi connectivity index (χ3n) is 5.70. The molecule has 0 saturated heterocycles. The van der Waals surface area contributed by atoms with Crippen LogP contribution in [0, 0.1) is 5.41 Å². The van der Waals surface area contributed by atoms with Crippen molar-refractivity contribution in [1.29, 1.82) is 0 Å². The Balaban J connectivity index is 0.000000592. The predicted molar refractivity (Wildman–Crippen MR) is 142 cm³/mol. The van der Waals surface area contributed by atoms with Crippen molar-refractivity contribution in [2.24, 2.45) is 5.41 Å². The smallest absolute Gasteiger partial charge is 0.0132 e. The van der Waals surface area contributed by atoms with Gasteiger partial charge in [-0.15, -0.1) is 0 Å². The molecule has 0 N–H and O–H groups in total. The van der Waals surface area contributed by atoms with Crippen molar-refractivity contribution < 1.29 is 0 Å². The molecule has 0 atom stereocenters. The highest BCUT2D eigenvalue weighted by Gasteiger charge is 2.13. The zero-order chi connectivity index (χ0) is 23.7. The maximum atomic E-state index is 4.25. The second kappa shape index (κ2) is 11.9. The monoisotopic (exact) mass is 416 g/mol. The van der Waals surface area contributed by atoms with Gasteiger partial charge in [0, 0.05) is 0 Å². The van der Waals surface area contributed by atoms with Gasteiger partial charge in [-0.05, 0) is 66.2 Å². The molecule has 0 heterocycles. The average Bonchev–Trinajstić information content (AvgIpc) is 2.68. The van der Waals surface area contributed by atoms with Gasteiger partial charge in [0.15, 0.2) is 0 Å². The minimum atomic E-state index is 0.197. The molecule has 0 aliphatic carbocycles. The lowest BCUT2D eigenvalue weighted by Gasteiger charge is -2.19. The van der Waals surface area contributed by atoms with Crippen LogP contribution in [-0.4, -0.2) is 0 Å². The molecule has 0 unspecified atom stereocenters. The van der Waals surface area contributed by atoms with Gasteiger partial charge < -0.3 is 0 Å². The number of rotatable bonds is 6. The second-order valence-electron chi connectivity index (χ2n) is 10.7. The summed E-state index contributed by atoms with van der Waals surface area (Å²) in [5.41, 5.74) is 8.24. The molecule has 0 heteroatoms. The molecule has 0 aromatic heterocycles. The Morgan fingerprint density at radius 3 is 1.77 bits per heavy atom. The summed E-state index contributed by atoms with van der Waals surface area (Å²) in [7, 11) is 0. The van der Waals surface area contributed by atoms with Crippen LogP contribution in [0.3, 0.4) is 0 Å². The normalized spacial score (nSPS) is 12.1. The van der Waals surface area contributed by atoms with Gasteiger partial charge in [0.25, 0.3) is 0 Å². The first-order valence-corrected chi connectivity index (χ1v) is 11.5. The van der Waals surface area contributed by atoms with Crippen molar-refractivity contribution in [3.05, 3.63) is 102 Å². The standard InChI is InChI=1S/C24H30.C7H14/c1-19(10-9-13-21-11-7-6-8-12-21)18-20(2)22-14-16-23(17-15-22)24(3,4)5;1-6(2)7(3,4)5/h6-8,11-12,14-18H,2,9-10,13H2,1,3-5H3;1H2,2-5H3/b19-18+;. The highest BCUT2D eigenvalue weighted by molar-refractivity contribution is 5.72. The summed E-state index contributed by atoms with van der Waals surface area (Å²) >= 11 is 0. The SMILES string of the molecule is C=C(/C=C(\C)CCCc1ccccc1)c1ccc(C(C)(C)C)cc1.C=C(C)C(C)(C)C. The molecule has 2 aromatic rings. The van der Waals surface area contributed by atoms with Gasteiger partial charge in [0.2, 0.25) is 0 Å². The van der Waals surface area contributed by atoms with Gasteiger partial charge in [-0.25, -0.2) is 0 Å². The molecular weight excluding hydrogens is 372 g/mol. The van der Waals surface area contributed by atoms with Gasteiger partial charge in [-0.3, -0.25) is 0 Å². The van der Waals surface area contributed by atoms with Gasteiger partial charge in [-0.1, -0.05) is 127 Å². The van der Waals surface area contributed by atoms with Crippen LogP contribution in [0.4, 0.5) is 0 Å². The Morgan fingerprint density at radius 1 is 0.806 bits per heavy atom. The molecule has 0 saturated carbocycles. The van der Waals surface area contributed by atoms with E-state index in [1.165, 1.54) is 34.3 Å². The summed E-state index contributed by atoms with van der Waals surface area (Å²) in [6.07, 6.45) is 5.67. The van der Waals surface area contributed by atoms with E-state index in [9.17, 15) is 0 Å². The Hall–Kier alpha value is -2.34. The maximum absolute atomic E-state index is 4.25. The Labute approximate surface area is 192 Å². The van der Waals surface area contributed by atoms with Gasteiger partial charge >= 0.3 is 0 Å². The molecule has 0 nitrogen and oxygen atoms in total. The third kappa shape index (κ3) is 10.5. The molecule has 0 aliphatic heterocycles.